The summed E-state index contributed by atoms with van der Waals surface area (Å²) in [6.45, 7) is 0. The predicted molar refractivity (Wildman–Crippen MR) is 93.5 cm³/mol. The van der Waals surface area contributed by atoms with Crippen LogP contribution in [0.5, 0.6) is 0 Å². The van der Waals surface area contributed by atoms with Crippen molar-refractivity contribution in [3.8, 4) is 17.2 Å². The van der Waals surface area contributed by atoms with Gasteiger partial charge in [-0.2, -0.15) is 10.4 Å². The molecule has 0 radical (unpaired) electrons. The maximum Gasteiger partial charge on any atom is 0.131 e. The third-order valence-corrected chi connectivity index (χ3v) is 4.42. The molecule has 0 saturated carbocycles. The van der Waals surface area contributed by atoms with Gasteiger partial charge in [0.25, 0.3) is 0 Å². The Hall–Kier alpha value is -2.61. The fraction of sp³-hybridized carbons (Fsp3) is 0.158. The van der Waals surface area contributed by atoms with Gasteiger partial charge in [-0.05, 0) is 28.8 Å². The van der Waals surface area contributed by atoms with E-state index in [2.05, 4.69) is 16.3 Å². The molecule has 2 aromatic carbocycles. The molecule has 0 bridgehead atoms. The van der Waals surface area contributed by atoms with Crippen LogP contribution in [0.1, 0.15) is 17.5 Å². The largest absolute Gasteiger partial charge is 0.368 e. The molecule has 0 aliphatic heterocycles. The van der Waals surface area contributed by atoms with Gasteiger partial charge in [-0.15, -0.1) is 0 Å². The van der Waals surface area contributed by atoms with E-state index >= 15 is 0 Å². The standard InChI is InChI=1S/C19H16ClN3O/c1-24-19(10-11-21,17-6-8-18(20)9-7-17)16-4-2-14(3-5-16)15-12-22-23-13-15/h2-9,12-13H,10H2,1H3,(H,22,23). The predicted octanol–water partition coefficient (Wildman–Crippen LogP) is 4.53. The Morgan fingerprint density at radius 2 is 1.71 bits per heavy atom. The van der Waals surface area contributed by atoms with Crippen LogP contribution in [-0.4, -0.2) is 17.3 Å². The Kier molecular flexibility index (Phi) is 4.66. The van der Waals surface area contributed by atoms with E-state index in [1.54, 1.807) is 13.3 Å². The van der Waals surface area contributed by atoms with Crippen LogP contribution in [0.2, 0.25) is 5.02 Å². The van der Waals surface area contributed by atoms with Gasteiger partial charge in [0.15, 0.2) is 0 Å². The molecule has 1 atom stereocenters. The highest BCUT2D eigenvalue weighted by atomic mass is 35.5. The smallest absolute Gasteiger partial charge is 0.131 e. The van der Waals surface area contributed by atoms with Gasteiger partial charge in [0.2, 0.25) is 0 Å². The summed E-state index contributed by atoms with van der Waals surface area (Å²) in [5, 5.41) is 16.8. The van der Waals surface area contributed by atoms with Crippen molar-refractivity contribution >= 4 is 11.6 Å². The van der Waals surface area contributed by atoms with E-state index < -0.39 is 5.60 Å². The maximum absolute atomic E-state index is 9.35. The molecule has 3 aromatic rings. The Bertz CT molecular complexity index is 836. The lowest BCUT2D eigenvalue weighted by Gasteiger charge is -2.31. The van der Waals surface area contributed by atoms with Crippen molar-refractivity contribution < 1.29 is 4.74 Å². The molecule has 0 spiro atoms. The number of aromatic amines is 1. The van der Waals surface area contributed by atoms with Crippen LogP contribution >= 0.6 is 11.6 Å². The van der Waals surface area contributed by atoms with Gasteiger partial charge in [-0.25, -0.2) is 0 Å². The van der Waals surface area contributed by atoms with Crippen LogP contribution in [0, 0.1) is 11.3 Å². The topological polar surface area (TPSA) is 61.7 Å². The SMILES string of the molecule is COC(CC#N)(c1ccc(Cl)cc1)c1ccc(-c2cn[nH]c2)cc1. The summed E-state index contributed by atoms with van der Waals surface area (Å²) >= 11 is 5.99. The number of halogens is 1. The van der Waals surface area contributed by atoms with Crippen LogP contribution in [0.4, 0.5) is 0 Å². The summed E-state index contributed by atoms with van der Waals surface area (Å²) in [5.74, 6) is 0. The number of benzene rings is 2. The number of ether oxygens (including phenoxy) is 1. The Morgan fingerprint density at radius 3 is 2.21 bits per heavy atom. The van der Waals surface area contributed by atoms with Gasteiger partial charge in [-0.1, -0.05) is 48.0 Å². The second kappa shape index (κ2) is 6.88. The molecule has 120 valence electrons. The summed E-state index contributed by atoms with van der Waals surface area (Å²) in [4.78, 5) is 0. The van der Waals surface area contributed by atoms with E-state index in [1.807, 2.05) is 54.7 Å². The zero-order chi connectivity index (χ0) is 17.0. The first-order chi connectivity index (χ1) is 11.7. The van der Waals surface area contributed by atoms with Gasteiger partial charge < -0.3 is 4.74 Å². The van der Waals surface area contributed by atoms with E-state index in [9.17, 15) is 5.26 Å². The zero-order valence-corrected chi connectivity index (χ0v) is 13.9. The van der Waals surface area contributed by atoms with Gasteiger partial charge in [0, 0.05) is 23.9 Å². The molecule has 0 aliphatic rings. The minimum Gasteiger partial charge on any atom is -0.368 e. The number of H-pyrrole nitrogens is 1. The summed E-state index contributed by atoms with van der Waals surface area (Å²) < 4.78 is 5.84. The lowest BCUT2D eigenvalue weighted by atomic mass is 9.83. The number of nitrogens with one attached hydrogen (secondary N) is 1. The van der Waals surface area contributed by atoms with Gasteiger partial charge in [0.1, 0.15) is 5.60 Å². The molecule has 0 amide bonds. The van der Waals surface area contributed by atoms with Crippen molar-refractivity contribution in [2.45, 2.75) is 12.0 Å². The highest BCUT2D eigenvalue weighted by molar-refractivity contribution is 6.30. The molecular formula is C19H16ClN3O. The Balaban J connectivity index is 2.06. The van der Waals surface area contributed by atoms with Crippen LogP contribution in [0.15, 0.2) is 60.9 Å². The van der Waals surface area contributed by atoms with Crippen molar-refractivity contribution in [3.63, 3.8) is 0 Å². The summed E-state index contributed by atoms with van der Waals surface area (Å²) in [6.07, 6.45) is 3.82. The van der Waals surface area contributed by atoms with E-state index in [0.717, 1.165) is 22.3 Å². The highest BCUT2D eigenvalue weighted by Gasteiger charge is 2.34. The van der Waals surface area contributed by atoms with Gasteiger partial charge >= 0.3 is 0 Å². The average Bonchev–Trinajstić information content (AvgIpc) is 3.15. The molecular weight excluding hydrogens is 322 g/mol. The molecule has 0 fully saturated rings. The Labute approximate surface area is 145 Å². The van der Waals surface area contributed by atoms with Gasteiger partial charge in [0.05, 0.1) is 18.7 Å². The molecule has 1 aromatic heterocycles. The van der Waals surface area contributed by atoms with Crippen LogP contribution in [0.3, 0.4) is 0 Å². The maximum atomic E-state index is 9.35. The average molecular weight is 338 g/mol. The van der Waals surface area contributed by atoms with E-state index in [-0.39, 0.29) is 6.42 Å². The van der Waals surface area contributed by atoms with E-state index in [0.29, 0.717) is 5.02 Å². The minimum atomic E-state index is -0.825. The number of methoxy groups -OCH3 is 1. The first kappa shape index (κ1) is 16.3. The number of rotatable bonds is 5. The first-order valence-electron chi connectivity index (χ1n) is 7.47. The van der Waals surface area contributed by atoms with E-state index in [1.165, 1.54) is 0 Å². The molecule has 24 heavy (non-hydrogen) atoms. The van der Waals surface area contributed by atoms with Crippen molar-refractivity contribution in [2.24, 2.45) is 0 Å². The second-order valence-electron chi connectivity index (χ2n) is 5.44. The number of aromatic nitrogens is 2. The molecule has 0 saturated heterocycles. The number of nitrogens with zero attached hydrogens (tertiary/aromatic N) is 2. The Morgan fingerprint density at radius 1 is 1.08 bits per heavy atom. The monoisotopic (exact) mass is 337 g/mol. The number of nitriles is 1. The summed E-state index contributed by atoms with van der Waals surface area (Å²) in [6, 6.07) is 17.6. The minimum absolute atomic E-state index is 0.205. The summed E-state index contributed by atoms with van der Waals surface area (Å²) in [7, 11) is 1.62. The van der Waals surface area contributed by atoms with Crippen molar-refractivity contribution in [3.05, 3.63) is 77.1 Å². The van der Waals surface area contributed by atoms with Crippen LogP contribution < -0.4 is 0 Å². The van der Waals surface area contributed by atoms with Crippen LogP contribution in [-0.2, 0) is 10.3 Å². The summed E-state index contributed by atoms with van der Waals surface area (Å²) in [5.41, 5.74) is 3.05. The van der Waals surface area contributed by atoms with Crippen LogP contribution in [0.25, 0.3) is 11.1 Å². The van der Waals surface area contributed by atoms with Crippen molar-refractivity contribution in [1.29, 1.82) is 5.26 Å². The normalized spacial score (nSPS) is 13.2. The molecule has 1 unspecified atom stereocenters. The van der Waals surface area contributed by atoms with Crippen molar-refractivity contribution in [2.75, 3.05) is 7.11 Å². The molecule has 3 rings (SSSR count). The number of hydrogen-bond donors (Lipinski definition) is 1. The lowest BCUT2D eigenvalue weighted by molar-refractivity contribution is 0.0261. The van der Waals surface area contributed by atoms with Gasteiger partial charge in [-0.3, -0.25) is 5.10 Å². The molecule has 1 N–H and O–H groups in total. The molecule has 1 heterocycles. The molecule has 4 nitrogen and oxygen atoms in total. The quantitative estimate of drug-likeness (QED) is 0.743. The third-order valence-electron chi connectivity index (χ3n) is 4.17. The fourth-order valence-electron chi connectivity index (χ4n) is 2.85. The highest BCUT2D eigenvalue weighted by Crippen LogP contribution is 2.37. The lowest BCUT2D eigenvalue weighted by Crippen LogP contribution is -2.29. The zero-order valence-electron chi connectivity index (χ0n) is 13.2. The van der Waals surface area contributed by atoms with E-state index in [4.69, 9.17) is 16.3 Å². The fourth-order valence-corrected chi connectivity index (χ4v) is 2.98. The third kappa shape index (κ3) is 2.92. The first-order valence-corrected chi connectivity index (χ1v) is 7.85. The molecule has 0 aliphatic carbocycles. The second-order valence-corrected chi connectivity index (χ2v) is 5.87. The number of hydrogen-bond acceptors (Lipinski definition) is 3. The molecule has 5 heteroatoms. The van der Waals surface area contributed by atoms with Crippen molar-refractivity contribution in [1.82, 2.24) is 10.2 Å².